The van der Waals surface area contributed by atoms with Gasteiger partial charge in [0.1, 0.15) is 11.6 Å². The molecule has 1 saturated carbocycles. The van der Waals surface area contributed by atoms with E-state index in [1.165, 1.54) is 0 Å². The number of hydrogen-bond donors (Lipinski definition) is 2. The fourth-order valence-corrected chi connectivity index (χ4v) is 3.04. The lowest BCUT2D eigenvalue weighted by Crippen LogP contribution is -2.30. The van der Waals surface area contributed by atoms with Crippen LogP contribution in [0.1, 0.15) is 19.8 Å². The largest absolute Gasteiger partial charge is 0.481 e. The summed E-state index contributed by atoms with van der Waals surface area (Å²) in [6, 6.07) is 1.78. The average Bonchev–Trinajstić information content (AvgIpc) is 2.78. The molecule has 0 saturated heterocycles. The maximum absolute atomic E-state index is 13.6. The van der Waals surface area contributed by atoms with E-state index in [2.05, 4.69) is 21.2 Å². The SMILES string of the molecule is CC1C[C@H](C(=O)Nc2cc(Br)c(F)cc2F)[C@H](C(=O)O)C1. The highest BCUT2D eigenvalue weighted by molar-refractivity contribution is 9.10. The highest BCUT2D eigenvalue weighted by Crippen LogP contribution is 2.37. The van der Waals surface area contributed by atoms with Gasteiger partial charge in [-0.2, -0.15) is 0 Å². The van der Waals surface area contributed by atoms with Gasteiger partial charge in [0.15, 0.2) is 0 Å². The van der Waals surface area contributed by atoms with Crippen molar-refractivity contribution < 1.29 is 23.5 Å². The number of carboxylic acid groups (broad SMARTS) is 1. The van der Waals surface area contributed by atoms with Crippen molar-refractivity contribution in [3.8, 4) is 0 Å². The zero-order valence-corrected chi connectivity index (χ0v) is 12.8. The maximum atomic E-state index is 13.6. The molecular weight excluding hydrogens is 348 g/mol. The minimum Gasteiger partial charge on any atom is -0.481 e. The molecule has 0 aliphatic heterocycles. The summed E-state index contributed by atoms with van der Waals surface area (Å²) in [6.07, 6.45) is 0.857. The Hall–Kier alpha value is -1.50. The smallest absolute Gasteiger partial charge is 0.307 e. The number of amides is 1. The van der Waals surface area contributed by atoms with Crippen molar-refractivity contribution in [2.45, 2.75) is 19.8 Å². The third-order valence-corrected chi connectivity index (χ3v) is 4.33. The van der Waals surface area contributed by atoms with Crippen molar-refractivity contribution in [3.05, 3.63) is 28.2 Å². The van der Waals surface area contributed by atoms with Gasteiger partial charge in [0.2, 0.25) is 5.91 Å². The van der Waals surface area contributed by atoms with Crippen molar-refractivity contribution in [1.29, 1.82) is 0 Å². The van der Waals surface area contributed by atoms with E-state index in [0.29, 0.717) is 18.9 Å². The first kappa shape index (κ1) is 15.9. The van der Waals surface area contributed by atoms with E-state index in [4.69, 9.17) is 5.11 Å². The topological polar surface area (TPSA) is 66.4 Å². The molecular formula is C14H14BrF2NO3. The molecule has 1 fully saturated rings. The summed E-state index contributed by atoms with van der Waals surface area (Å²) in [5, 5.41) is 11.5. The molecule has 3 atom stereocenters. The quantitative estimate of drug-likeness (QED) is 0.810. The molecule has 1 amide bonds. The Kier molecular flexibility index (Phi) is 4.61. The van der Waals surface area contributed by atoms with Gasteiger partial charge in [0, 0.05) is 6.07 Å². The fourth-order valence-electron chi connectivity index (χ4n) is 2.70. The summed E-state index contributed by atoms with van der Waals surface area (Å²) < 4.78 is 26.8. The molecule has 1 aliphatic rings. The van der Waals surface area contributed by atoms with Crippen LogP contribution in [0.25, 0.3) is 0 Å². The molecule has 1 aliphatic carbocycles. The molecule has 4 nitrogen and oxygen atoms in total. The summed E-state index contributed by atoms with van der Waals surface area (Å²) in [6.45, 7) is 1.87. The normalized spacial score (nSPS) is 24.9. The van der Waals surface area contributed by atoms with Crippen LogP contribution in [0.5, 0.6) is 0 Å². The average molecular weight is 362 g/mol. The maximum Gasteiger partial charge on any atom is 0.307 e. The lowest BCUT2D eigenvalue weighted by Gasteiger charge is -2.16. The Morgan fingerprint density at radius 1 is 1.24 bits per heavy atom. The number of halogens is 3. The Labute approximate surface area is 128 Å². The van der Waals surface area contributed by atoms with Gasteiger partial charge in [0.05, 0.1) is 22.0 Å². The summed E-state index contributed by atoms with van der Waals surface area (Å²) in [4.78, 5) is 23.3. The number of rotatable bonds is 3. The van der Waals surface area contributed by atoms with Crippen LogP contribution in [0.4, 0.5) is 14.5 Å². The number of carbonyl (C=O) groups excluding carboxylic acids is 1. The van der Waals surface area contributed by atoms with E-state index < -0.39 is 35.3 Å². The number of carboxylic acids is 1. The first-order valence-electron chi connectivity index (χ1n) is 6.47. The predicted molar refractivity (Wildman–Crippen MR) is 75.7 cm³/mol. The van der Waals surface area contributed by atoms with Crippen LogP contribution in [-0.4, -0.2) is 17.0 Å². The van der Waals surface area contributed by atoms with Crippen LogP contribution in [0.15, 0.2) is 16.6 Å². The molecule has 2 N–H and O–H groups in total. The second kappa shape index (κ2) is 6.09. The van der Waals surface area contributed by atoms with Gasteiger partial charge in [0.25, 0.3) is 0 Å². The highest BCUT2D eigenvalue weighted by Gasteiger charge is 2.41. The Balaban J connectivity index is 2.18. The monoisotopic (exact) mass is 361 g/mol. The highest BCUT2D eigenvalue weighted by atomic mass is 79.9. The molecule has 7 heteroatoms. The molecule has 1 unspecified atom stereocenters. The third-order valence-electron chi connectivity index (χ3n) is 3.72. The van der Waals surface area contributed by atoms with Crippen molar-refractivity contribution in [3.63, 3.8) is 0 Å². The van der Waals surface area contributed by atoms with Crippen LogP contribution in [0.3, 0.4) is 0 Å². The van der Waals surface area contributed by atoms with Gasteiger partial charge in [-0.15, -0.1) is 0 Å². The van der Waals surface area contributed by atoms with Crippen molar-refractivity contribution in [1.82, 2.24) is 0 Å². The van der Waals surface area contributed by atoms with E-state index in [1.54, 1.807) is 0 Å². The summed E-state index contributed by atoms with van der Waals surface area (Å²) in [5.41, 5.74) is -0.169. The first-order valence-corrected chi connectivity index (χ1v) is 7.27. The van der Waals surface area contributed by atoms with Crippen LogP contribution < -0.4 is 5.32 Å². The molecule has 0 radical (unpaired) electrons. The molecule has 2 rings (SSSR count). The van der Waals surface area contributed by atoms with Gasteiger partial charge in [-0.25, -0.2) is 8.78 Å². The molecule has 0 heterocycles. The number of aliphatic carboxylic acids is 1. The van der Waals surface area contributed by atoms with Crippen molar-refractivity contribution in [2.24, 2.45) is 17.8 Å². The molecule has 21 heavy (non-hydrogen) atoms. The van der Waals surface area contributed by atoms with Gasteiger partial charge in [-0.05, 0) is 40.8 Å². The standard InChI is InChI=1S/C14H14BrF2NO3/c1-6-2-7(8(3-6)14(20)21)13(19)18-12-4-9(15)10(16)5-11(12)17/h4-8H,2-3H2,1H3,(H,18,19)(H,20,21)/t6?,7-,8+/m0/s1. The number of carbonyl (C=O) groups is 2. The fraction of sp³-hybridized carbons (Fsp3) is 0.429. The van der Waals surface area contributed by atoms with Gasteiger partial charge in [-0.3, -0.25) is 9.59 Å². The molecule has 114 valence electrons. The van der Waals surface area contributed by atoms with Gasteiger partial charge in [-0.1, -0.05) is 6.92 Å². The number of nitrogens with one attached hydrogen (secondary N) is 1. The van der Waals surface area contributed by atoms with Crippen LogP contribution in [0, 0.1) is 29.4 Å². The number of hydrogen-bond acceptors (Lipinski definition) is 2. The second-order valence-electron chi connectivity index (χ2n) is 5.36. The van der Waals surface area contributed by atoms with E-state index in [9.17, 15) is 18.4 Å². The Morgan fingerprint density at radius 2 is 1.86 bits per heavy atom. The van der Waals surface area contributed by atoms with Gasteiger partial charge < -0.3 is 10.4 Å². The van der Waals surface area contributed by atoms with E-state index >= 15 is 0 Å². The Morgan fingerprint density at radius 3 is 2.48 bits per heavy atom. The molecule has 0 bridgehead atoms. The predicted octanol–water partition coefficient (Wildman–Crippen LogP) is 3.41. The number of anilines is 1. The zero-order valence-electron chi connectivity index (χ0n) is 11.2. The minimum absolute atomic E-state index is 0.0220. The lowest BCUT2D eigenvalue weighted by molar-refractivity contribution is -0.145. The van der Waals surface area contributed by atoms with Crippen molar-refractivity contribution >= 4 is 33.5 Å². The second-order valence-corrected chi connectivity index (χ2v) is 6.22. The summed E-state index contributed by atoms with van der Waals surface area (Å²) in [7, 11) is 0. The molecule has 1 aromatic rings. The molecule has 0 spiro atoms. The molecule has 1 aromatic carbocycles. The summed E-state index contributed by atoms with van der Waals surface area (Å²) in [5.74, 6) is -4.62. The molecule has 0 aromatic heterocycles. The minimum atomic E-state index is -1.03. The van der Waals surface area contributed by atoms with Crippen LogP contribution in [-0.2, 0) is 9.59 Å². The van der Waals surface area contributed by atoms with E-state index in [1.807, 2.05) is 6.92 Å². The van der Waals surface area contributed by atoms with Crippen LogP contribution in [0.2, 0.25) is 0 Å². The van der Waals surface area contributed by atoms with Crippen molar-refractivity contribution in [2.75, 3.05) is 5.32 Å². The van der Waals surface area contributed by atoms with E-state index in [-0.39, 0.29) is 16.1 Å². The zero-order chi connectivity index (χ0) is 15.7. The van der Waals surface area contributed by atoms with Gasteiger partial charge >= 0.3 is 5.97 Å². The first-order chi connectivity index (χ1) is 9.79. The Bertz CT molecular complexity index is 594. The van der Waals surface area contributed by atoms with Crippen LogP contribution >= 0.6 is 15.9 Å². The number of benzene rings is 1. The lowest BCUT2D eigenvalue weighted by atomic mass is 9.95. The van der Waals surface area contributed by atoms with E-state index in [0.717, 1.165) is 6.07 Å². The third kappa shape index (κ3) is 3.40. The summed E-state index contributed by atoms with van der Waals surface area (Å²) >= 11 is 2.91.